The van der Waals surface area contributed by atoms with Gasteiger partial charge in [-0.1, -0.05) is 18.2 Å². The molecule has 0 aliphatic carbocycles. The highest BCUT2D eigenvalue weighted by Crippen LogP contribution is 2.21. The molecule has 29 heavy (non-hydrogen) atoms. The molecule has 0 saturated carbocycles. The molecule has 5 aromatic rings. The molecule has 0 saturated heterocycles. The average molecular weight is 381 g/mol. The number of hydrogen-bond acceptors (Lipinski definition) is 6. The van der Waals surface area contributed by atoms with Crippen LogP contribution in [-0.4, -0.2) is 24.9 Å². The van der Waals surface area contributed by atoms with Crippen LogP contribution in [-0.2, 0) is 6.54 Å². The molecule has 0 spiro atoms. The van der Waals surface area contributed by atoms with E-state index in [1.54, 1.807) is 6.20 Å². The van der Waals surface area contributed by atoms with Crippen molar-refractivity contribution < 1.29 is 0 Å². The zero-order valence-electron chi connectivity index (χ0n) is 15.8. The Balaban J connectivity index is 1.34. The molecule has 2 aromatic carbocycles. The first kappa shape index (κ1) is 17.1. The van der Waals surface area contributed by atoms with Crippen LogP contribution in [0.15, 0.2) is 66.9 Å². The van der Waals surface area contributed by atoms with E-state index in [2.05, 4.69) is 35.6 Å². The molecular formula is C22H19N7. The van der Waals surface area contributed by atoms with Crippen LogP contribution in [0.25, 0.3) is 21.9 Å². The third-order valence-corrected chi connectivity index (χ3v) is 4.59. The van der Waals surface area contributed by atoms with Gasteiger partial charge in [0, 0.05) is 29.0 Å². The second-order valence-electron chi connectivity index (χ2n) is 6.81. The molecule has 5 rings (SSSR count). The Hall–Kier alpha value is -4.00. The van der Waals surface area contributed by atoms with E-state index in [1.165, 1.54) is 0 Å². The van der Waals surface area contributed by atoms with Gasteiger partial charge in [0.1, 0.15) is 11.6 Å². The van der Waals surface area contributed by atoms with Gasteiger partial charge in [0.2, 0.25) is 5.95 Å². The molecule has 0 aliphatic rings. The van der Waals surface area contributed by atoms with Gasteiger partial charge < -0.3 is 15.6 Å². The van der Waals surface area contributed by atoms with Gasteiger partial charge in [-0.25, -0.2) is 9.97 Å². The lowest BCUT2D eigenvalue weighted by Crippen LogP contribution is -2.06. The predicted octanol–water partition coefficient (Wildman–Crippen LogP) is 4.57. The highest BCUT2D eigenvalue weighted by Gasteiger charge is 2.06. The van der Waals surface area contributed by atoms with Crippen LogP contribution in [0, 0.1) is 6.92 Å². The van der Waals surface area contributed by atoms with E-state index < -0.39 is 0 Å². The molecule has 142 valence electrons. The molecule has 7 nitrogen and oxygen atoms in total. The van der Waals surface area contributed by atoms with Crippen molar-refractivity contribution in [3.8, 4) is 0 Å². The van der Waals surface area contributed by atoms with Crippen molar-refractivity contribution in [1.82, 2.24) is 24.9 Å². The second-order valence-corrected chi connectivity index (χ2v) is 6.81. The average Bonchev–Trinajstić information content (AvgIpc) is 3.15. The molecule has 0 bridgehead atoms. The van der Waals surface area contributed by atoms with Gasteiger partial charge in [0.25, 0.3) is 0 Å². The molecular weight excluding hydrogens is 362 g/mol. The lowest BCUT2D eigenvalue weighted by Gasteiger charge is -2.10. The maximum Gasteiger partial charge on any atom is 0.229 e. The number of nitrogens with one attached hydrogen (secondary N) is 3. The third-order valence-electron chi connectivity index (χ3n) is 4.59. The number of imidazole rings is 1. The quantitative estimate of drug-likeness (QED) is 0.413. The molecule has 3 heterocycles. The summed E-state index contributed by atoms with van der Waals surface area (Å²) in [4.78, 5) is 21.3. The maximum absolute atomic E-state index is 4.59. The maximum atomic E-state index is 4.59. The van der Waals surface area contributed by atoms with Gasteiger partial charge in [-0.3, -0.25) is 4.98 Å². The fraction of sp³-hybridized carbons (Fsp3) is 0.0909. The van der Waals surface area contributed by atoms with Crippen molar-refractivity contribution in [2.75, 3.05) is 10.6 Å². The number of fused-ring (bicyclic) bond motifs is 2. The number of aromatic amines is 1. The summed E-state index contributed by atoms with van der Waals surface area (Å²) in [5, 5.41) is 7.67. The van der Waals surface area contributed by atoms with E-state index in [9.17, 15) is 0 Å². The number of hydrogen-bond donors (Lipinski definition) is 3. The first-order valence-electron chi connectivity index (χ1n) is 9.38. The fourth-order valence-corrected chi connectivity index (χ4v) is 3.26. The van der Waals surface area contributed by atoms with Crippen molar-refractivity contribution in [3.63, 3.8) is 0 Å². The molecule has 0 aliphatic heterocycles. The molecule has 0 fully saturated rings. The first-order chi connectivity index (χ1) is 14.2. The number of aryl methyl sites for hydroxylation is 1. The van der Waals surface area contributed by atoms with Crippen LogP contribution < -0.4 is 10.6 Å². The standard InChI is InChI=1S/C22H19N7/c1-14-11-20(24-13-21-27-18-6-2-3-7-19(18)28-21)29-22(25-14)26-16-8-9-17-15(12-16)5-4-10-23-17/h2-12H,13H2,1H3,(H,27,28)(H2,24,25,26,29). The van der Waals surface area contributed by atoms with Crippen molar-refractivity contribution in [2.24, 2.45) is 0 Å². The van der Waals surface area contributed by atoms with E-state index in [0.29, 0.717) is 12.5 Å². The van der Waals surface area contributed by atoms with Crippen LogP contribution in [0.1, 0.15) is 11.5 Å². The third kappa shape index (κ3) is 3.70. The van der Waals surface area contributed by atoms with E-state index in [-0.39, 0.29) is 0 Å². The topological polar surface area (TPSA) is 91.4 Å². The molecule has 0 radical (unpaired) electrons. The van der Waals surface area contributed by atoms with Crippen LogP contribution >= 0.6 is 0 Å². The summed E-state index contributed by atoms with van der Waals surface area (Å²) >= 11 is 0. The molecule has 3 aromatic heterocycles. The normalized spacial score (nSPS) is 11.1. The summed E-state index contributed by atoms with van der Waals surface area (Å²) < 4.78 is 0. The van der Waals surface area contributed by atoms with Gasteiger partial charge in [0.15, 0.2) is 0 Å². The van der Waals surface area contributed by atoms with Gasteiger partial charge in [-0.2, -0.15) is 4.98 Å². The summed E-state index contributed by atoms with van der Waals surface area (Å²) in [6, 6.07) is 19.8. The van der Waals surface area contributed by atoms with Crippen LogP contribution in [0.3, 0.4) is 0 Å². The number of anilines is 3. The number of rotatable bonds is 5. The first-order valence-corrected chi connectivity index (χ1v) is 9.38. The predicted molar refractivity (Wildman–Crippen MR) is 115 cm³/mol. The monoisotopic (exact) mass is 381 g/mol. The number of para-hydroxylation sites is 2. The Labute approximate surface area is 167 Å². The highest BCUT2D eigenvalue weighted by molar-refractivity contribution is 5.82. The minimum atomic E-state index is 0.542. The van der Waals surface area contributed by atoms with Crippen molar-refractivity contribution in [3.05, 3.63) is 78.4 Å². The van der Waals surface area contributed by atoms with E-state index in [4.69, 9.17) is 0 Å². The minimum absolute atomic E-state index is 0.542. The number of nitrogens with zero attached hydrogens (tertiary/aromatic N) is 4. The van der Waals surface area contributed by atoms with Crippen molar-refractivity contribution in [2.45, 2.75) is 13.5 Å². The number of aromatic nitrogens is 5. The Morgan fingerprint density at radius 2 is 1.83 bits per heavy atom. The lowest BCUT2D eigenvalue weighted by atomic mass is 10.2. The number of H-pyrrole nitrogens is 1. The van der Waals surface area contributed by atoms with Crippen LogP contribution in [0.2, 0.25) is 0 Å². The second kappa shape index (κ2) is 7.20. The van der Waals surface area contributed by atoms with Crippen LogP contribution in [0.4, 0.5) is 17.5 Å². The molecule has 3 N–H and O–H groups in total. The smallest absolute Gasteiger partial charge is 0.229 e. The summed E-state index contributed by atoms with van der Waals surface area (Å²) in [6.07, 6.45) is 1.79. The Morgan fingerprint density at radius 3 is 2.76 bits per heavy atom. The zero-order chi connectivity index (χ0) is 19.6. The largest absolute Gasteiger partial charge is 0.363 e. The summed E-state index contributed by atoms with van der Waals surface area (Å²) in [6.45, 7) is 2.50. The van der Waals surface area contributed by atoms with Gasteiger partial charge in [-0.15, -0.1) is 0 Å². The van der Waals surface area contributed by atoms with E-state index in [1.807, 2.05) is 67.6 Å². The van der Waals surface area contributed by atoms with Gasteiger partial charge in [-0.05, 0) is 43.3 Å². The Morgan fingerprint density at radius 1 is 0.897 bits per heavy atom. The molecule has 0 amide bonds. The molecule has 0 unspecified atom stereocenters. The Kier molecular flexibility index (Phi) is 4.25. The van der Waals surface area contributed by atoms with Crippen molar-refractivity contribution in [1.29, 1.82) is 0 Å². The summed E-state index contributed by atoms with van der Waals surface area (Å²) in [5.41, 5.74) is 4.72. The number of pyridine rings is 1. The molecule has 0 atom stereocenters. The zero-order valence-corrected chi connectivity index (χ0v) is 15.8. The number of benzene rings is 2. The summed E-state index contributed by atoms with van der Waals surface area (Å²) in [7, 11) is 0. The van der Waals surface area contributed by atoms with Gasteiger partial charge in [0.05, 0.1) is 23.1 Å². The van der Waals surface area contributed by atoms with E-state index >= 15 is 0 Å². The fourth-order valence-electron chi connectivity index (χ4n) is 3.26. The SMILES string of the molecule is Cc1cc(NCc2nc3ccccc3[nH]2)nc(Nc2ccc3ncccc3c2)n1. The van der Waals surface area contributed by atoms with Crippen LogP contribution in [0.5, 0.6) is 0 Å². The van der Waals surface area contributed by atoms with Crippen molar-refractivity contribution >= 4 is 39.4 Å². The minimum Gasteiger partial charge on any atom is -0.363 e. The highest BCUT2D eigenvalue weighted by atomic mass is 15.1. The van der Waals surface area contributed by atoms with Gasteiger partial charge >= 0.3 is 0 Å². The Bertz CT molecular complexity index is 1280. The van der Waals surface area contributed by atoms with E-state index in [0.717, 1.165) is 45.0 Å². The molecule has 7 heteroatoms. The lowest BCUT2D eigenvalue weighted by molar-refractivity contribution is 0.987. The summed E-state index contributed by atoms with van der Waals surface area (Å²) in [5.74, 6) is 2.14.